The lowest BCUT2D eigenvalue weighted by molar-refractivity contribution is 0.400. The Balaban J connectivity index is 3.22. The molecular formula is C10H10ClNO2. The molecule has 0 saturated carbocycles. The molecule has 0 aliphatic heterocycles. The van der Waals surface area contributed by atoms with Crippen LogP contribution in [0.1, 0.15) is 5.56 Å². The minimum atomic E-state index is 0.250. The number of rotatable bonds is 3. The maximum Gasteiger partial charge on any atom is 0.141 e. The van der Waals surface area contributed by atoms with Gasteiger partial charge in [0.2, 0.25) is 0 Å². The van der Waals surface area contributed by atoms with Crippen LogP contribution >= 0.6 is 11.6 Å². The molecule has 0 amide bonds. The Morgan fingerprint density at radius 2 is 2.07 bits per heavy atom. The largest absolute Gasteiger partial charge is 0.497 e. The summed E-state index contributed by atoms with van der Waals surface area (Å²) in [5, 5.41) is 9.06. The van der Waals surface area contributed by atoms with Crippen LogP contribution in [0, 0.1) is 11.3 Å². The molecule has 0 radical (unpaired) electrons. The smallest absolute Gasteiger partial charge is 0.141 e. The van der Waals surface area contributed by atoms with Gasteiger partial charge in [-0.25, -0.2) is 0 Å². The van der Waals surface area contributed by atoms with Crippen molar-refractivity contribution in [3.8, 4) is 17.6 Å². The molecule has 74 valence electrons. The first-order chi connectivity index (χ1) is 6.72. The first-order valence-corrected chi connectivity index (χ1v) is 4.38. The molecule has 0 aliphatic rings. The van der Waals surface area contributed by atoms with Gasteiger partial charge in [0.05, 0.1) is 31.7 Å². The Hall–Kier alpha value is -1.40. The summed E-state index contributed by atoms with van der Waals surface area (Å²) in [6, 6.07) is 5.44. The fourth-order valence-electron chi connectivity index (χ4n) is 1.19. The summed E-state index contributed by atoms with van der Waals surface area (Å²) in [4.78, 5) is 0. The number of ether oxygens (including phenoxy) is 2. The van der Waals surface area contributed by atoms with E-state index >= 15 is 0 Å². The highest BCUT2D eigenvalue weighted by Crippen LogP contribution is 2.33. The van der Waals surface area contributed by atoms with Crippen molar-refractivity contribution in [2.75, 3.05) is 14.2 Å². The fraction of sp³-hybridized carbons (Fsp3) is 0.300. The molecule has 0 atom stereocenters. The van der Waals surface area contributed by atoms with E-state index in [2.05, 4.69) is 0 Å². The number of halogens is 1. The van der Waals surface area contributed by atoms with Crippen molar-refractivity contribution in [1.29, 1.82) is 5.26 Å². The third-order valence-corrected chi connectivity index (χ3v) is 2.08. The number of benzene rings is 1. The highest BCUT2D eigenvalue weighted by Gasteiger charge is 2.09. The summed E-state index contributed by atoms with van der Waals surface area (Å²) in [5.74, 6) is 1.16. The van der Waals surface area contributed by atoms with Crippen LogP contribution in [0.15, 0.2) is 12.1 Å². The van der Waals surface area contributed by atoms with E-state index in [1.165, 1.54) is 7.11 Å². The van der Waals surface area contributed by atoms with E-state index in [9.17, 15) is 0 Å². The maximum absolute atomic E-state index is 8.60. The molecule has 0 fully saturated rings. The average Bonchev–Trinajstić information content (AvgIpc) is 2.18. The standard InChI is InChI=1S/C10H10ClNO2/c1-13-8-5-7(3-4-12)10(14-2)9(11)6-8/h5-6H,3H2,1-2H3. The van der Waals surface area contributed by atoms with Crippen molar-refractivity contribution in [3.05, 3.63) is 22.7 Å². The lowest BCUT2D eigenvalue weighted by Gasteiger charge is -2.09. The Kier molecular flexibility index (Phi) is 3.61. The zero-order valence-electron chi connectivity index (χ0n) is 8.00. The van der Waals surface area contributed by atoms with Gasteiger partial charge in [-0.05, 0) is 6.07 Å². The maximum atomic E-state index is 8.60. The van der Waals surface area contributed by atoms with Crippen LogP contribution in [0.2, 0.25) is 5.02 Å². The van der Waals surface area contributed by atoms with Gasteiger partial charge in [0.25, 0.3) is 0 Å². The van der Waals surface area contributed by atoms with Crippen LogP contribution in [0.4, 0.5) is 0 Å². The summed E-state index contributed by atoms with van der Waals surface area (Å²) >= 11 is 5.93. The monoisotopic (exact) mass is 211 g/mol. The van der Waals surface area contributed by atoms with Gasteiger partial charge in [0.1, 0.15) is 11.5 Å². The van der Waals surface area contributed by atoms with Crippen molar-refractivity contribution in [2.45, 2.75) is 6.42 Å². The zero-order valence-corrected chi connectivity index (χ0v) is 8.76. The van der Waals surface area contributed by atoms with Gasteiger partial charge in [0.15, 0.2) is 0 Å². The second kappa shape index (κ2) is 4.73. The van der Waals surface area contributed by atoms with Crippen LogP contribution in [-0.4, -0.2) is 14.2 Å². The molecular weight excluding hydrogens is 202 g/mol. The molecule has 0 bridgehead atoms. The normalized spacial score (nSPS) is 9.29. The number of methoxy groups -OCH3 is 2. The lowest BCUT2D eigenvalue weighted by atomic mass is 10.1. The number of nitriles is 1. The van der Waals surface area contributed by atoms with Crippen molar-refractivity contribution >= 4 is 11.6 Å². The van der Waals surface area contributed by atoms with E-state index < -0.39 is 0 Å². The Bertz CT molecular complexity index is 371. The molecule has 1 rings (SSSR count). The quantitative estimate of drug-likeness (QED) is 0.771. The van der Waals surface area contributed by atoms with Crippen molar-refractivity contribution in [1.82, 2.24) is 0 Å². The van der Waals surface area contributed by atoms with Crippen LogP contribution in [0.3, 0.4) is 0 Å². The number of nitrogens with zero attached hydrogens (tertiary/aromatic N) is 1. The van der Waals surface area contributed by atoms with E-state index in [0.717, 1.165) is 5.56 Å². The zero-order chi connectivity index (χ0) is 10.6. The molecule has 14 heavy (non-hydrogen) atoms. The second-order valence-corrected chi connectivity index (χ2v) is 3.04. The minimum Gasteiger partial charge on any atom is -0.497 e. The van der Waals surface area contributed by atoms with E-state index in [4.69, 9.17) is 26.3 Å². The molecule has 0 heterocycles. The Morgan fingerprint density at radius 1 is 1.36 bits per heavy atom. The van der Waals surface area contributed by atoms with Gasteiger partial charge in [-0.1, -0.05) is 11.6 Å². The van der Waals surface area contributed by atoms with E-state index in [0.29, 0.717) is 16.5 Å². The number of hydrogen-bond donors (Lipinski definition) is 0. The Labute approximate surface area is 87.8 Å². The molecule has 0 unspecified atom stereocenters. The third-order valence-electron chi connectivity index (χ3n) is 1.80. The van der Waals surface area contributed by atoms with Gasteiger partial charge in [-0.15, -0.1) is 0 Å². The van der Waals surface area contributed by atoms with Gasteiger partial charge >= 0.3 is 0 Å². The van der Waals surface area contributed by atoms with Crippen LogP contribution in [0.25, 0.3) is 0 Å². The molecule has 0 spiro atoms. The average molecular weight is 212 g/mol. The summed E-state index contributed by atoms with van der Waals surface area (Å²) in [7, 11) is 3.07. The first-order valence-electron chi connectivity index (χ1n) is 4.00. The van der Waals surface area contributed by atoms with Crippen molar-refractivity contribution in [3.63, 3.8) is 0 Å². The molecule has 0 saturated heterocycles. The fourth-order valence-corrected chi connectivity index (χ4v) is 1.49. The van der Waals surface area contributed by atoms with E-state index in [1.54, 1.807) is 19.2 Å². The van der Waals surface area contributed by atoms with Gasteiger partial charge < -0.3 is 9.47 Å². The van der Waals surface area contributed by atoms with Crippen molar-refractivity contribution < 1.29 is 9.47 Å². The van der Waals surface area contributed by atoms with Gasteiger partial charge in [-0.3, -0.25) is 0 Å². The van der Waals surface area contributed by atoms with E-state index in [-0.39, 0.29) is 6.42 Å². The SMILES string of the molecule is COc1cc(Cl)c(OC)c(CC#N)c1. The summed E-state index contributed by atoms with van der Waals surface area (Å²) in [6.07, 6.45) is 0.250. The highest BCUT2D eigenvalue weighted by molar-refractivity contribution is 6.32. The topological polar surface area (TPSA) is 42.2 Å². The minimum absolute atomic E-state index is 0.250. The molecule has 1 aromatic rings. The van der Waals surface area contributed by atoms with Crippen LogP contribution < -0.4 is 9.47 Å². The first kappa shape index (κ1) is 10.7. The molecule has 0 aliphatic carbocycles. The van der Waals surface area contributed by atoms with E-state index in [1.807, 2.05) is 6.07 Å². The highest BCUT2D eigenvalue weighted by atomic mass is 35.5. The molecule has 3 nitrogen and oxygen atoms in total. The summed E-state index contributed by atoms with van der Waals surface area (Å²) in [6.45, 7) is 0. The summed E-state index contributed by atoms with van der Waals surface area (Å²) < 4.78 is 10.1. The second-order valence-electron chi connectivity index (χ2n) is 2.64. The predicted molar refractivity (Wildman–Crippen MR) is 53.9 cm³/mol. The predicted octanol–water partition coefficient (Wildman–Crippen LogP) is 2.42. The number of hydrogen-bond acceptors (Lipinski definition) is 3. The van der Waals surface area contributed by atoms with Gasteiger partial charge in [0, 0.05) is 11.6 Å². The third kappa shape index (κ3) is 2.09. The van der Waals surface area contributed by atoms with Crippen LogP contribution in [-0.2, 0) is 6.42 Å². The summed E-state index contributed by atoms with van der Waals surface area (Å²) in [5.41, 5.74) is 0.736. The van der Waals surface area contributed by atoms with Crippen molar-refractivity contribution in [2.24, 2.45) is 0 Å². The molecule has 0 N–H and O–H groups in total. The molecule has 4 heteroatoms. The van der Waals surface area contributed by atoms with Gasteiger partial charge in [-0.2, -0.15) is 5.26 Å². The molecule has 1 aromatic carbocycles. The van der Waals surface area contributed by atoms with Crippen LogP contribution in [0.5, 0.6) is 11.5 Å². The Morgan fingerprint density at radius 3 is 2.57 bits per heavy atom. The lowest BCUT2D eigenvalue weighted by Crippen LogP contribution is -1.94. The molecule has 0 aromatic heterocycles.